The Morgan fingerprint density at radius 1 is 1.25 bits per heavy atom. The van der Waals surface area contributed by atoms with Gasteiger partial charge in [-0.05, 0) is 38.3 Å². The molecule has 0 bridgehead atoms. The van der Waals surface area contributed by atoms with E-state index in [0.717, 1.165) is 25.3 Å². The Kier molecular flexibility index (Phi) is 2.52. The van der Waals surface area contributed by atoms with Gasteiger partial charge in [-0.15, -0.1) is 10.2 Å². The summed E-state index contributed by atoms with van der Waals surface area (Å²) in [6, 6.07) is 2.26. The van der Waals surface area contributed by atoms with Crippen molar-refractivity contribution in [3.05, 3.63) is 17.8 Å². The lowest BCUT2D eigenvalue weighted by atomic mass is 9.78. The van der Waals surface area contributed by atoms with Gasteiger partial charge in [0.1, 0.15) is 5.82 Å². The molecule has 16 heavy (non-hydrogen) atoms. The van der Waals surface area contributed by atoms with E-state index < -0.39 is 11.9 Å². The van der Waals surface area contributed by atoms with Gasteiger partial charge in [-0.25, -0.2) is 0 Å². The predicted octanol–water partition coefficient (Wildman–Crippen LogP) is 2.85. The summed E-state index contributed by atoms with van der Waals surface area (Å²) in [4.78, 5) is 0. The molecule has 1 aliphatic carbocycles. The van der Waals surface area contributed by atoms with Crippen LogP contribution in [-0.4, -0.2) is 15.7 Å². The van der Waals surface area contributed by atoms with E-state index in [9.17, 15) is 13.2 Å². The van der Waals surface area contributed by atoms with Crippen LogP contribution in [0.25, 0.3) is 0 Å². The molecule has 2 rings (SSSR count). The first-order valence-corrected chi connectivity index (χ1v) is 5.08. The quantitative estimate of drug-likeness (QED) is 0.850. The second-order valence-electron chi connectivity index (χ2n) is 4.34. The summed E-state index contributed by atoms with van der Waals surface area (Å²) in [5.41, 5.74) is -0.995. The fourth-order valence-corrected chi connectivity index (χ4v) is 1.69. The van der Waals surface area contributed by atoms with E-state index >= 15 is 0 Å². The number of nitrogens with one attached hydrogen (secondary N) is 1. The van der Waals surface area contributed by atoms with Crippen molar-refractivity contribution in [3.8, 4) is 0 Å². The van der Waals surface area contributed by atoms with Crippen molar-refractivity contribution in [3.63, 3.8) is 0 Å². The maximum Gasteiger partial charge on any atom is 0.435 e. The van der Waals surface area contributed by atoms with Crippen molar-refractivity contribution in [2.75, 3.05) is 5.32 Å². The molecular weight excluding hydrogens is 219 g/mol. The molecule has 1 aromatic rings. The Bertz CT molecular complexity index is 368. The Hall–Kier alpha value is -1.33. The monoisotopic (exact) mass is 231 g/mol. The van der Waals surface area contributed by atoms with E-state index in [1.165, 1.54) is 6.07 Å². The maximum absolute atomic E-state index is 12.2. The fourth-order valence-electron chi connectivity index (χ4n) is 1.69. The first kappa shape index (κ1) is 11.2. The van der Waals surface area contributed by atoms with Gasteiger partial charge in [0.05, 0.1) is 0 Å². The number of hydrogen-bond acceptors (Lipinski definition) is 3. The number of halogens is 3. The number of aromatic nitrogens is 2. The molecule has 0 aromatic carbocycles. The van der Waals surface area contributed by atoms with Gasteiger partial charge in [-0.1, -0.05) is 0 Å². The lowest BCUT2D eigenvalue weighted by molar-refractivity contribution is -0.141. The van der Waals surface area contributed by atoms with Crippen molar-refractivity contribution in [2.24, 2.45) is 0 Å². The normalized spacial score (nSPS) is 19.0. The van der Waals surface area contributed by atoms with Crippen molar-refractivity contribution < 1.29 is 13.2 Å². The van der Waals surface area contributed by atoms with E-state index in [4.69, 9.17) is 0 Å². The van der Waals surface area contributed by atoms with Crippen LogP contribution in [0.5, 0.6) is 0 Å². The van der Waals surface area contributed by atoms with Gasteiger partial charge in [0.2, 0.25) is 0 Å². The molecule has 1 aromatic heterocycles. The minimum Gasteiger partial charge on any atom is -0.363 e. The first-order chi connectivity index (χ1) is 7.39. The summed E-state index contributed by atoms with van der Waals surface area (Å²) in [6.45, 7) is 2.02. The highest BCUT2D eigenvalue weighted by Gasteiger charge is 2.34. The van der Waals surface area contributed by atoms with Crippen LogP contribution in [0.3, 0.4) is 0 Å². The summed E-state index contributed by atoms with van der Waals surface area (Å²) >= 11 is 0. The van der Waals surface area contributed by atoms with Gasteiger partial charge in [0, 0.05) is 5.54 Å². The standard InChI is InChI=1S/C10H12F3N3/c1-9(5-2-6-9)14-8-4-3-7(15-16-8)10(11,12)13/h3-4H,2,5-6H2,1H3,(H,14,16). The van der Waals surface area contributed by atoms with Crippen molar-refractivity contribution >= 4 is 5.82 Å². The average molecular weight is 231 g/mol. The zero-order valence-corrected chi connectivity index (χ0v) is 8.80. The molecule has 88 valence electrons. The zero-order chi connectivity index (χ0) is 11.8. The zero-order valence-electron chi connectivity index (χ0n) is 8.80. The van der Waals surface area contributed by atoms with Gasteiger partial charge in [0.25, 0.3) is 0 Å². The van der Waals surface area contributed by atoms with Gasteiger partial charge in [-0.2, -0.15) is 13.2 Å². The van der Waals surface area contributed by atoms with E-state index in [0.29, 0.717) is 5.82 Å². The summed E-state index contributed by atoms with van der Waals surface area (Å²) in [6.07, 6.45) is -1.27. The Morgan fingerprint density at radius 2 is 1.94 bits per heavy atom. The fraction of sp³-hybridized carbons (Fsp3) is 0.600. The largest absolute Gasteiger partial charge is 0.435 e. The highest BCUT2D eigenvalue weighted by atomic mass is 19.4. The van der Waals surface area contributed by atoms with Gasteiger partial charge < -0.3 is 5.32 Å². The van der Waals surface area contributed by atoms with Crippen LogP contribution in [0.2, 0.25) is 0 Å². The molecule has 1 heterocycles. The topological polar surface area (TPSA) is 37.8 Å². The van der Waals surface area contributed by atoms with Crippen molar-refractivity contribution in [1.82, 2.24) is 10.2 Å². The summed E-state index contributed by atoms with van der Waals surface area (Å²) < 4.78 is 36.6. The van der Waals surface area contributed by atoms with Gasteiger partial charge in [0.15, 0.2) is 5.69 Å². The van der Waals surface area contributed by atoms with Gasteiger partial charge >= 0.3 is 6.18 Å². The lowest BCUT2D eigenvalue weighted by Crippen LogP contribution is -2.41. The maximum atomic E-state index is 12.2. The van der Waals surface area contributed by atoms with Crippen molar-refractivity contribution in [2.45, 2.75) is 37.9 Å². The molecule has 1 saturated carbocycles. The van der Waals surface area contributed by atoms with Crippen molar-refractivity contribution in [1.29, 1.82) is 0 Å². The Morgan fingerprint density at radius 3 is 2.31 bits per heavy atom. The van der Waals surface area contributed by atoms with Crippen LogP contribution in [0.1, 0.15) is 31.9 Å². The summed E-state index contributed by atoms with van der Waals surface area (Å²) in [5.74, 6) is 0.398. The molecule has 0 spiro atoms. The van der Waals surface area contributed by atoms with E-state index in [-0.39, 0.29) is 5.54 Å². The molecule has 3 nitrogen and oxygen atoms in total. The second kappa shape index (κ2) is 3.61. The third-order valence-corrected chi connectivity index (χ3v) is 2.84. The van der Waals surface area contributed by atoms with Crippen LogP contribution in [0.4, 0.5) is 19.0 Å². The molecule has 1 N–H and O–H groups in total. The van der Waals surface area contributed by atoms with Crippen LogP contribution >= 0.6 is 0 Å². The van der Waals surface area contributed by atoms with E-state index in [1.807, 2.05) is 6.92 Å². The smallest absolute Gasteiger partial charge is 0.363 e. The molecule has 0 amide bonds. The number of alkyl halides is 3. The third kappa shape index (κ3) is 2.25. The van der Waals surface area contributed by atoms with Crippen LogP contribution in [-0.2, 0) is 6.18 Å². The highest BCUT2D eigenvalue weighted by Crippen LogP contribution is 2.34. The van der Waals surface area contributed by atoms with E-state index in [2.05, 4.69) is 15.5 Å². The molecule has 6 heteroatoms. The van der Waals surface area contributed by atoms with Crippen LogP contribution < -0.4 is 5.32 Å². The molecular formula is C10H12F3N3. The average Bonchev–Trinajstić information content (AvgIpc) is 2.15. The molecule has 0 unspecified atom stereocenters. The van der Waals surface area contributed by atoms with Gasteiger partial charge in [-0.3, -0.25) is 0 Å². The Labute approximate surface area is 91.1 Å². The van der Waals surface area contributed by atoms with E-state index in [1.54, 1.807) is 0 Å². The number of hydrogen-bond donors (Lipinski definition) is 1. The first-order valence-electron chi connectivity index (χ1n) is 5.08. The van der Waals surface area contributed by atoms with Crippen LogP contribution in [0, 0.1) is 0 Å². The van der Waals surface area contributed by atoms with Crippen LogP contribution in [0.15, 0.2) is 12.1 Å². The summed E-state index contributed by atoms with van der Waals surface area (Å²) in [7, 11) is 0. The molecule has 0 radical (unpaired) electrons. The molecule has 0 aliphatic heterocycles. The molecule has 0 saturated heterocycles. The molecule has 1 aliphatic rings. The molecule has 1 fully saturated rings. The Balaban J connectivity index is 2.08. The third-order valence-electron chi connectivity index (χ3n) is 2.84. The number of nitrogens with zero attached hydrogens (tertiary/aromatic N) is 2. The minimum absolute atomic E-state index is 0.0333. The second-order valence-corrected chi connectivity index (χ2v) is 4.34. The summed E-state index contributed by atoms with van der Waals surface area (Å²) in [5, 5.41) is 9.78. The number of rotatable bonds is 2. The minimum atomic E-state index is -4.42. The SMILES string of the molecule is CC1(Nc2ccc(C(F)(F)F)nn2)CCC1. The predicted molar refractivity (Wildman–Crippen MR) is 52.9 cm³/mol. The highest BCUT2D eigenvalue weighted by molar-refractivity contribution is 5.37. The lowest BCUT2D eigenvalue weighted by Gasteiger charge is -2.39. The number of anilines is 1. The molecule has 0 atom stereocenters.